The van der Waals surface area contributed by atoms with Gasteiger partial charge in [-0.1, -0.05) is 0 Å². The van der Waals surface area contributed by atoms with E-state index in [0.29, 0.717) is 24.7 Å². The van der Waals surface area contributed by atoms with Gasteiger partial charge in [0.05, 0.1) is 13.2 Å². The monoisotopic (exact) mass is 330 g/mol. The zero-order chi connectivity index (χ0) is 16.4. The molecule has 2 fully saturated rings. The van der Waals surface area contributed by atoms with E-state index >= 15 is 0 Å². The molecule has 0 spiro atoms. The lowest BCUT2D eigenvalue weighted by Crippen LogP contribution is -2.40. The average molecular weight is 330 g/mol. The second kappa shape index (κ2) is 6.60. The van der Waals surface area contributed by atoms with Gasteiger partial charge >= 0.3 is 6.18 Å². The Balaban J connectivity index is 1.65. The minimum atomic E-state index is -4.44. The summed E-state index contributed by atoms with van der Waals surface area (Å²) >= 11 is 0. The van der Waals surface area contributed by atoms with Gasteiger partial charge in [-0.25, -0.2) is 9.97 Å². The van der Waals surface area contributed by atoms with Crippen molar-refractivity contribution in [2.45, 2.75) is 19.5 Å². The van der Waals surface area contributed by atoms with Crippen molar-refractivity contribution in [2.75, 3.05) is 50.8 Å². The zero-order valence-corrected chi connectivity index (χ0v) is 13.1. The van der Waals surface area contributed by atoms with Crippen LogP contribution in [0.3, 0.4) is 0 Å². The van der Waals surface area contributed by atoms with Gasteiger partial charge in [0.2, 0.25) is 5.95 Å². The first kappa shape index (κ1) is 16.4. The Kier molecular flexibility index (Phi) is 4.72. The summed E-state index contributed by atoms with van der Waals surface area (Å²) in [5, 5.41) is 0. The van der Waals surface area contributed by atoms with E-state index in [2.05, 4.69) is 14.9 Å². The molecule has 0 unspecified atom stereocenters. The van der Waals surface area contributed by atoms with Gasteiger partial charge in [-0.3, -0.25) is 4.90 Å². The number of rotatable bonds is 3. The lowest BCUT2D eigenvalue weighted by atomic mass is 10.1. The fraction of sp³-hybridized carbons (Fsp3) is 0.733. The first-order valence-corrected chi connectivity index (χ1v) is 7.90. The number of hydrogen-bond acceptors (Lipinski definition) is 5. The molecule has 0 radical (unpaired) electrons. The van der Waals surface area contributed by atoms with Crippen molar-refractivity contribution in [3.8, 4) is 0 Å². The van der Waals surface area contributed by atoms with Crippen molar-refractivity contribution in [2.24, 2.45) is 5.92 Å². The van der Waals surface area contributed by atoms with Gasteiger partial charge in [0, 0.05) is 38.4 Å². The van der Waals surface area contributed by atoms with Crippen LogP contribution in [0.1, 0.15) is 17.8 Å². The maximum atomic E-state index is 12.9. The predicted octanol–water partition coefficient (Wildman–Crippen LogP) is 1.96. The maximum absolute atomic E-state index is 12.9. The van der Waals surface area contributed by atoms with Gasteiger partial charge in [-0.15, -0.1) is 0 Å². The normalized spacial score (nSPS) is 23.5. The minimum Gasteiger partial charge on any atom is -0.379 e. The van der Waals surface area contributed by atoms with Crippen LogP contribution < -0.4 is 4.90 Å². The molecule has 3 heterocycles. The lowest BCUT2D eigenvalue weighted by Gasteiger charge is -2.29. The quantitative estimate of drug-likeness (QED) is 0.847. The molecule has 23 heavy (non-hydrogen) atoms. The number of anilines is 1. The van der Waals surface area contributed by atoms with Gasteiger partial charge in [0.15, 0.2) is 0 Å². The molecule has 2 saturated heterocycles. The summed E-state index contributed by atoms with van der Waals surface area (Å²) < 4.78 is 44.0. The van der Waals surface area contributed by atoms with Crippen LogP contribution in [0.5, 0.6) is 0 Å². The van der Waals surface area contributed by atoms with E-state index in [4.69, 9.17) is 4.74 Å². The highest BCUT2D eigenvalue weighted by Crippen LogP contribution is 2.30. The van der Waals surface area contributed by atoms with Crippen LogP contribution in [-0.4, -0.2) is 60.8 Å². The predicted molar refractivity (Wildman–Crippen MR) is 79.4 cm³/mol. The summed E-state index contributed by atoms with van der Waals surface area (Å²) in [6.07, 6.45) is -3.48. The third kappa shape index (κ3) is 4.11. The molecule has 0 aliphatic carbocycles. The maximum Gasteiger partial charge on any atom is 0.433 e. The fourth-order valence-electron chi connectivity index (χ4n) is 3.15. The lowest BCUT2D eigenvalue weighted by molar-refractivity contribution is -0.141. The second-order valence-corrected chi connectivity index (χ2v) is 6.21. The smallest absolute Gasteiger partial charge is 0.379 e. The number of aromatic nitrogens is 2. The Bertz CT molecular complexity index is 546. The SMILES string of the molecule is Cc1cc(C(F)(F)F)nc(N2CC[C@@H](CN3CCOCC3)C2)n1. The van der Waals surface area contributed by atoms with Crippen molar-refractivity contribution >= 4 is 5.95 Å². The summed E-state index contributed by atoms with van der Waals surface area (Å²) in [7, 11) is 0. The Labute approximate surface area is 133 Å². The number of alkyl halides is 3. The first-order valence-electron chi connectivity index (χ1n) is 7.90. The van der Waals surface area contributed by atoms with Crippen LogP contribution >= 0.6 is 0 Å². The van der Waals surface area contributed by atoms with E-state index in [9.17, 15) is 13.2 Å². The molecule has 0 amide bonds. The fourth-order valence-corrected chi connectivity index (χ4v) is 3.15. The highest BCUT2D eigenvalue weighted by atomic mass is 19.4. The minimum absolute atomic E-state index is 0.196. The molecule has 0 bridgehead atoms. The van der Waals surface area contributed by atoms with Crippen LogP contribution in [-0.2, 0) is 10.9 Å². The third-order valence-corrected chi connectivity index (χ3v) is 4.32. The summed E-state index contributed by atoms with van der Waals surface area (Å²) in [5.41, 5.74) is -0.518. The number of morpholine rings is 1. The molecule has 8 heteroatoms. The first-order chi connectivity index (χ1) is 10.9. The van der Waals surface area contributed by atoms with Gasteiger partial charge < -0.3 is 9.64 Å². The Morgan fingerprint density at radius 3 is 2.65 bits per heavy atom. The molecule has 5 nitrogen and oxygen atoms in total. The average Bonchev–Trinajstić information content (AvgIpc) is 2.95. The Hall–Kier alpha value is -1.41. The number of ether oxygens (including phenoxy) is 1. The second-order valence-electron chi connectivity index (χ2n) is 6.21. The molecule has 3 rings (SSSR count). The highest BCUT2D eigenvalue weighted by Gasteiger charge is 2.35. The van der Waals surface area contributed by atoms with Crippen molar-refractivity contribution < 1.29 is 17.9 Å². The standard InChI is InChI=1S/C15H21F3N4O/c1-11-8-13(15(16,17)18)20-14(19-11)22-3-2-12(10-22)9-21-4-6-23-7-5-21/h8,12H,2-7,9-10H2,1H3/t12-/m0/s1. The van der Waals surface area contributed by atoms with E-state index in [1.807, 2.05) is 4.90 Å². The van der Waals surface area contributed by atoms with Gasteiger partial charge in [0.25, 0.3) is 0 Å². The van der Waals surface area contributed by atoms with Crippen LogP contribution in [0.2, 0.25) is 0 Å². The zero-order valence-electron chi connectivity index (χ0n) is 13.1. The molecule has 1 aromatic heterocycles. The molecule has 1 aromatic rings. The van der Waals surface area contributed by atoms with E-state index < -0.39 is 11.9 Å². The van der Waals surface area contributed by atoms with E-state index in [0.717, 1.165) is 45.3 Å². The van der Waals surface area contributed by atoms with Crippen molar-refractivity contribution in [3.63, 3.8) is 0 Å². The van der Waals surface area contributed by atoms with Gasteiger partial charge in [-0.2, -0.15) is 13.2 Å². The van der Waals surface area contributed by atoms with E-state index in [-0.39, 0.29) is 5.95 Å². The van der Waals surface area contributed by atoms with Crippen LogP contribution in [0, 0.1) is 12.8 Å². The van der Waals surface area contributed by atoms with Gasteiger partial charge in [-0.05, 0) is 25.3 Å². The summed E-state index contributed by atoms with van der Waals surface area (Å²) in [6.45, 7) is 7.30. The molecule has 128 valence electrons. The third-order valence-electron chi connectivity index (χ3n) is 4.32. The number of nitrogens with zero attached hydrogens (tertiary/aromatic N) is 4. The number of halogens is 3. The highest BCUT2D eigenvalue weighted by molar-refractivity contribution is 5.34. The van der Waals surface area contributed by atoms with Crippen molar-refractivity contribution in [1.82, 2.24) is 14.9 Å². The summed E-state index contributed by atoms with van der Waals surface area (Å²) in [4.78, 5) is 12.1. The van der Waals surface area contributed by atoms with Gasteiger partial charge in [0.1, 0.15) is 5.69 Å². The molecule has 2 aliphatic rings. The van der Waals surface area contributed by atoms with Crippen LogP contribution in [0.15, 0.2) is 6.07 Å². The Morgan fingerprint density at radius 2 is 1.96 bits per heavy atom. The molecule has 0 aromatic carbocycles. The summed E-state index contributed by atoms with van der Waals surface area (Å²) in [5.74, 6) is 0.633. The number of hydrogen-bond donors (Lipinski definition) is 0. The molecule has 0 saturated carbocycles. The molecular weight excluding hydrogens is 309 g/mol. The molecule has 1 atom stereocenters. The van der Waals surface area contributed by atoms with Crippen LogP contribution in [0.4, 0.5) is 19.1 Å². The van der Waals surface area contributed by atoms with Crippen LogP contribution in [0.25, 0.3) is 0 Å². The van der Waals surface area contributed by atoms with Crippen molar-refractivity contribution in [3.05, 3.63) is 17.5 Å². The molecule has 0 N–H and O–H groups in total. The number of aryl methyl sites for hydroxylation is 1. The van der Waals surface area contributed by atoms with E-state index in [1.54, 1.807) is 6.92 Å². The largest absolute Gasteiger partial charge is 0.433 e. The summed E-state index contributed by atoms with van der Waals surface area (Å²) in [6, 6.07) is 0.991. The molecular formula is C15H21F3N4O. The topological polar surface area (TPSA) is 41.5 Å². The Morgan fingerprint density at radius 1 is 1.22 bits per heavy atom. The van der Waals surface area contributed by atoms with E-state index in [1.165, 1.54) is 0 Å². The van der Waals surface area contributed by atoms with Crippen molar-refractivity contribution in [1.29, 1.82) is 0 Å². The molecule has 2 aliphatic heterocycles.